The molecule has 0 aromatic heterocycles. The molecule has 0 aliphatic heterocycles. The Balaban J connectivity index is 2.04. The lowest BCUT2D eigenvalue weighted by molar-refractivity contribution is 0.303. The molecular weight excluding hydrogens is 246 g/mol. The van der Waals surface area contributed by atoms with Crippen molar-refractivity contribution >= 4 is 10.0 Å². The van der Waals surface area contributed by atoms with Crippen molar-refractivity contribution in [1.82, 2.24) is 4.72 Å². The molecule has 0 bridgehead atoms. The zero-order chi connectivity index (χ0) is 13.0. The monoisotopic (exact) mass is 267 g/mol. The molecule has 4 heteroatoms. The highest BCUT2D eigenvalue weighted by Crippen LogP contribution is 2.27. The third-order valence-electron chi connectivity index (χ3n) is 3.75. The zero-order valence-electron chi connectivity index (χ0n) is 10.8. The van der Waals surface area contributed by atoms with Gasteiger partial charge in [0, 0.05) is 6.04 Å². The van der Waals surface area contributed by atoms with E-state index in [-0.39, 0.29) is 6.04 Å². The summed E-state index contributed by atoms with van der Waals surface area (Å²) in [6, 6.07) is 8.62. The zero-order valence-corrected chi connectivity index (χ0v) is 11.6. The summed E-state index contributed by atoms with van der Waals surface area (Å²) in [4.78, 5) is 0.354. The maximum atomic E-state index is 12.2. The summed E-state index contributed by atoms with van der Waals surface area (Å²) in [6.45, 7) is 1.98. The average Bonchev–Trinajstić information content (AvgIpc) is 2.40. The van der Waals surface area contributed by atoms with Crippen LogP contribution >= 0.6 is 0 Å². The first-order valence-corrected chi connectivity index (χ1v) is 8.15. The largest absolute Gasteiger partial charge is 0.240 e. The van der Waals surface area contributed by atoms with Crippen LogP contribution in [-0.4, -0.2) is 14.5 Å². The molecular formula is C14H21NO2S. The molecule has 0 heterocycles. The minimum Gasteiger partial charge on any atom is -0.208 e. The standard InChI is InChI=1S/C14H21NO2S/c1-12(13-8-4-2-5-9-13)15-18(16,17)14-10-6-3-7-11-14/h3,6-7,10-13,15H,2,4-5,8-9H2,1H3/t12-/m1/s1. The van der Waals surface area contributed by atoms with Crippen molar-refractivity contribution in [3.63, 3.8) is 0 Å². The van der Waals surface area contributed by atoms with E-state index in [4.69, 9.17) is 0 Å². The van der Waals surface area contributed by atoms with E-state index in [0.29, 0.717) is 10.8 Å². The Morgan fingerprint density at radius 2 is 1.72 bits per heavy atom. The molecule has 0 radical (unpaired) electrons. The number of sulfonamides is 1. The van der Waals surface area contributed by atoms with Crippen molar-refractivity contribution < 1.29 is 8.42 Å². The second kappa shape index (κ2) is 5.85. The van der Waals surface area contributed by atoms with Gasteiger partial charge in [0.05, 0.1) is 4.90 Å². The normalized spacial score (nSPS) is 19.6. The Kier molecular flexibility index (Phi) is 4.40. The Hall–Kier alpha value is -0.870. The van der Waals surface area contributed by atoms with Gasteiger partial charge in [0.25, 0.3) is 0 Å². The van der Waals surface area contributed by atoms with Crippen LogP contribution in [0.25, 0.3) is 0 Å². The Morgan fingerprint density at radius 3 is 2.33 bits per heavy atom. The van der Waals surface area contributed by atoms with Crippen molar-refractivity contribution in [1.29, 1.82) is 0 Å². The fraction of sp³-hybridized carbons (Fsp3) is 0.571. The van der Waals surface area contributed by atoms with Crippen molar-refractivity contribution in [2.75, 3.05) is 0 Å². The lowest BCUT2D eigenvalue weighted by Crippen LogP contribution is -2.38. The summed E-state index contributed by atoms with van der Waals surface area (Å²) in [5.41, 5.74) is 0. The molecule has 1 aromatic carbocycles. The average molecular weight is 267 g/mol. The van der Waals surface area contributed by atoms with Gasteiger partial charge in [-0.25, -0.2) is 13.1 Å². The lowest BCUT2D eigenvalue weighted by atomic mass is 9.85. The minimum atomic E-state index is -3.36. The van der Waals surface area contributed by atoms with Crippen LogP contribution in [0.4, 0.5) is 0 Å². The maximum Gasteiger partial charge on any atom is 0.240 e. The van der Waals surface area contributed by atoms with Crippen LogP contribution in [0, 0.1) is 5.92 Å². The minimum absolute atomic E-state index is 0.0236. The van der Waals surface area contributed by atoms with Crippen LogP contribution < -0.4 is 4.72 Å². The number of benzene rings is 1. The van der Waals surface area contributed by atoms with Crippen molar-refractivity contribution in [2.45, 2.75) is 50.0 Å². The van der Waals surface area contributed by atoms with E-state index in [1.54, 1.807) is 24.3 Å². The maximum absolute atomic E-state index is 12.2. The quantitative estimate of drug-likeness (QED) is 0.911. The van der Waals surface area contributed by atoms with Gasteiger partial charge in [-0.15, -0.1) is 0 Å². The summed E-state index contributed by atoms with van der Waals surface area (Å²) in [5.74, 6) is 0.484. The Morgan fingerprint density at radius 1 is 1.11 bits per heavy atom. The number of rotatable bonds is 4. The van der Waals surface area contributed by atoms with Gasteiger partial charge in [-0.2, -0.15) is 0 Å². The first-order valence-electron chi connectivity index (χ1n) is 6.67. The summed E-state index contributed by atoms with van der Waals surface area (Å²) < 4.78 is 27.2. The van der Waals surface area contributed by atoms with E-state index in [1.807, 2.05) is 13.0 Å². The van der Waals surface area contributed by atoms with E-state index >= 15 is 0 Å². The van der Waals surface area contributed by atoms with E-state index in [2.05, 4.69) is 4.72 Å². The van der Waals surface area contributed by atoms with Gasteiger partial charge >= 0.3 is 0 Å². The number of hydrogen-bond acceptors (Lipinski definition) is 2. The molecule has 1 saturated carbocycles. The molecule has 1 atom stereocenters. The van der Waals surface area contributed by atoms with E-state index in [9.17, 15) is 8.42 Å². The van der Waals surface area contributed by atoms with Gasteiger partial charge < -0.3 is 0 Å². The van der Waals surface area contributed by atoms with Gasteiger partial charge in [0.1, 0.15) is 0 Å². The van der Waals surface area contributed by atoms with Gasteiger partial charge in [0.15, 0.2) is 0 Å². The first-order chi connectivity index (χ1) is 8.59. The van der Waals surface area contributed by atoms with Gasteiger partial charge in [-0.3, -0.25) is 0 Å². The molecule has 1 fully saturated rings. The fourth-order valence-electron chi connectivity index (χ4n) is 2.64. The molecule has 3 nitrogen and oxygen atoms in total. The molecule has 0 unspecified atom stereocenters. The van der Waals surface area contributed by atoms with Crippen LogP contribution in [0.2, 0.25) is 0 Å². The third-order valence-corrected chi connectivity index (χ3v) is 5.33. The molecule has 1 aliphatic carbocycles. The molecule has 0 amide bonds. The van der Waals surface area contributed by atoms with Crippen molar-refractivity contribution in [3.05, 3.63) is 30.3 Å². The molecule has 2 rings (SSSR count). The smallest absolute Gasteiger partial charge is 0.208 e. The predicted octanol–water partition coefficient (Wildman–Crippen LogP) is 2.93. The number of nitrogens with one attached hydrogen (secondary N) is 1. The lowest BCUT2D eigenvalue weighted by Gasteiger charge is -2.28. The molecule has 0 saturated heterocycles. The van der Waals surface area contributed by atoms with E-state index in [1.165, 1.54) is 19.3 Å². The SMILES string of the molecule is C[C@@H](NS(=O)(=O)c1ccccc1)C1CCCCC1. The highest BCUT2D eigenvalue weighted by atomic mass is 32.2. The predicted molar refractivity (Wildman–Crippen MR) is 72.8 cm³/mol. The van der Waals surface area contributed by atoms with E-state index < -0.39 is 10.0 Å². The highest BCUT2D eigenvalue weighted by molar-refractivity contribution is 7.89. The Labute approximate surface area is 110 Å². The van der Waals surface area contributed by atoms with Crippen molar-refractivity contribution in [2.24, 2.45) is 5.92 Å². The second-order valence-corrected chi connectivity index (χ2v) is 6.84. The van der Waals surface area contributed by atoms with Gasteiger partial charge in [0.2, 0.25) is 10.0 Å². The first kappa shape index (κ1) is 13.6. The van der Waals surface area contributed by atoms with Gasteiger partial charge in [-0.1, -0.05) is 37.5 Å². The molecule has 1 aliphatic rings. The molecule has 18 heavy (non-hydrogen) atoms. The summed E-state index contributed by atoms with van der Waals surface area (Å²) in [6.07, 6.45) is 6.01. The second-order valence-electron chi connectivity index (χ2n) is 5.12. The number of hydrogen-bond donors (Lipinski definition) is 1. The van der Waals surface area contributed by atoms with Crippen LogP contribution in [0.15, 0.2) is 35.2 Å². The van der Waals surface area contributed by atoms with Crippen LogP contribution in [0.3, 0.4) is 0 Å². The fourth-order valence-corrected chi connectivity index (χ4v) is 3.98. The molecule has 0 spiro atoms. The topological polar surface area (TPSA) is 46.2 Å². The third kappa shape index (κ3) is 3.33. The van der Waals surface area contributed by atoms with Crippen LogP contribution in [-0.2, 0) is 10.0 Å². The van der Waals surface area contributed by atoms with Crippen molar-refractivity contribution in [3.8, 4) is 0 Å². The molecule has 100 valence electrons. The highest BCUT2D eigenvalue weighted by Gasteiger charge is 2.24. The summed E-state index contributed by atoms with van der Waals surface area (Å²) in [7, 11) is -3.36. The Bertz CT molecular complexity index is 464. The van der Waals surface area contributed by atoms with Crippen LogP contribution in [0.5, 0.6) is 0 Å². The molecule has 1 N–H and O–H groups in total. The summed E-state index contributed by atoms with van der Waals surface area (Å²) >= 11 is 0. The van der Waals surface area contributed by atoms with Crippen LogP contribution in [0.1, 0.15) is 39.0 Å². The van der Waals surface area contributed by atoms with Gasteiger partial charge in [-0.05, 0) is 37.8 Å². The van der Waals surface area contributed by atoms with E-state index in [0.717, 1.165) is 12.8 Å². The molecule has 1 aromatic rings. The summed E-state index contributed by atoms with van der Waals surface area (Å²) in [5, 5.41) is 0.